The molecule has 0 spiro atoms. The van der Waals surface area contributed by atoms with E-state index in [-0.39, 0.29) is 35.6 Å². The predicted octanol–water partition coefficient (Wildman–Crippen LogP) is 1.97. The molecule has 2 heterocycles. The number of amides is 1. The number of carbonyl (C=O) groups is 2. The highest BCUT2D eigenvalue weighted by Crippen LogP contribution is 2.28. The summed E-state index contributed by atoms with van der Waals surface area (Å²) in [6.45, 7) is 2.97. The Morgan fingerprint density at radius 3 is 2.30 bits per heavy atom. The molecule has 1 saturated heterocycles. The summed E-state index contributed by atoms with van der Waals surface area (Å²) in [6, 6.07) is 13.7. The number of hydrogen-bond donors (Lipinski definition) is 0. The van der Waals surface area contributed by atoms with Crippen LogP contribution in [0.3, 0.4) is 0 Å². The summed E-state index contributed by atoms with van der Waals surface area (Å²) in [4.78, 5) is 26.2. The van der Waals surface area contributed by atoms with Crippen LogP contribution in [-0.4, -0.2) is 62.1 Å². The largest absolute Gasteiger partial charge is 0.492 e. The van der Waals surface area contributed by atoms with Crippen molar-refractivity contribution < 1.29 is 22.7 Å². The zero-order valence-electron chi connectivity index (χ0n) is 16.8. The van der Waals surface area contributed by atoms with Crippen molar-refractivity contribution in [3.63, 3.8) is 0 Å². The highest BCUT2D eigenvalue weighted by molar-refractivity contribution is 7.89. The van der Waals surface area contributed by atoms with E-state index in [9.17, 15) is 18.0 Å². The molecule has 0 saturated carbocycles. The number of carbonyl (C=O) groups excluding carboxylic acids is 2. The molecule has 0 aliphatic carbocycles. The molecule has 1 fully saturated rings. The van der Waals surface area contributed by atoms with E-state index < -0.39 is 10.0 Å². The van der Waals surface area contributed by atoms with Crippen LogP contribution in [0.1, 0.15) is 22.8 Å². The lowest BCUT2D eigenvalue weighted by Crippen LogP contribution is -2.52. The number of nitrogens with zero attached hydrogens (tertiary/aromatic N) is 2. The summed E-state index contributed by atoms with van der Waals surface area (Å²) >= 11 is 0. The standard InChI is InChI=1S/C22H24N2O5S/c1-16(25)17-6-8-20(9-7-17)30(27,28)24-12-10-23(11-13-24)22(26)19-14-18-4-2-3-5-21(18)29-15-19/h2-9,19H,10-15H2,1H3/t19-/m1/s1. The number of piperazine rings is 1. The summed E-state index contributed by atoms with van der Waals surface area (Å²) < 4.78 is 32.9. The quantitative estimate of drug-likeness (QED) is 0.696. The second-order valence-corrected chi connectivity index (χ2v) is 9.57. The zero-order valence-corrected chi connectivity index (χ0v) is 17.6. The molecule has 1 atom stereocenters. The van der Waals surface area contributed by atoms with Gasteiger partial charge in [-0.2, -0.15) is 4.31 Å². The summed E-state index contributed by atoms with van der Waals surface area (Å²) in [7, 11) is -3.66. The maximum absolute atomic E-state index is 12.9. The molecule has 2 aliphatic rings. The topological polar surface area (TPSA) is 84.0 Å². The molecule has 158 valence electrons. The Kier molecular flexibility index (Phi) is 5.62. The number of sulfonamides is 1. The first-order chi connectivity index (χ1) is 14.4. The van der Waals surface area contributed by atoms with Crippen molar-refractivity contribution >= 4 is 21.7 Å². The van der Waals surface area contributed by atoms with Crippen LogP contribution in [0.2, 0.25) is 0 Å². The van der Waals surface area contributed by atoms with Crippen molar-refractivity contribution in [1.29, 1.82) is 0 Å². The molecule has 30 heavy (non-hydrogen) atoms. The van der Waals surface area contributed by atoms with E-state index in [4.69, 9.17) is 4.74 Å². The lowest BCUT2D eigenvalue weighted by Gasteiger charge is -2.36. The third-order valence-corrected chi connectivity index (χ3v) is 7.59. The van der Waals surface area contributed by atoms with Crippen molar-refractivity contribution in [2.24, 2.45) is 5.92 Å². The first kappa shape index (κ1) is 20.6. The van der Waals surface area contributed by atoms with E-state index in [0.717, 1.165) is 11.3 Å². The average molecular weight is 429 g/mol. The van der Waals surface area contributed by atoms with E-state index in [1.165, 1.54) is 35.5 Å². The molecule has 7 nitrogen and oxygen atoms in total. The minimum Gasteiger partial charge on any atom is -0.492 e. The van der Waals surface area contributed by atoms with Gasteiger partial charge in [0.15, 0.2) is 5.78 Å². The number of para-hydroxylation sites is 1. The molecule has 0 N–H and O–H groups in total. The Hall–Kier alpha value is -2.71. The molecule has 2 aromatic carbocycles. The number of Topliss-reactive ketones (excluding diaryl/α,β-unsaturated/α-hetero) is 1. The molecular formula is C22H24N2O5S. The van der Waals surface area contributed by atoms with Gasteiger partial charge >= 0.3 is 0 Å². The lowest BCUT2D eigenvalue weighted by molar-refractivity contribution is -0.138. The van der Waals surface area contributed by atoms with Gasteiger partial charge in [-0.15, -0.1) is 0 Å². The van der Waals surface area contributed by atoms with Crippen LogP contribution in [0.15, 0.2) is 53.4 Å². The second kappa shape index (κ2) is 8.20. The Bertz CT molecular complexity index is 1060. The molecule has 0 aromatic heterocycles. The maximum Gasteiger partial charge on any atom is 0.243 e. The summed E-state index contributed by atoms with van der Waals surface area (Å²) in [5.41, 5.74) is 1.50. The van der Waals surface area contributed by atoms with Gasteiger partial charge in [-0.25, -0.2) is 8.42 Å². The Morgan fingerprint density at radius 2 is 1.63 bits per heavy atom. The fourth-order valence-electron chi connectivity index (χ4n) is 3.90. The molecule has 8 heteroatoms. The van der Waals surface area contributed by atoms with E-state index in [0.29, 0.717) is 31.7 Å². The number of hydrogen-bond acceptors (Lipinski definition) is 5. The summed E-state index contributed by atoms with van der Waals surface area (Å²) in [5.74, 6) is 0.475. The number of ketones is 1. The fourth-order valence-corrected chi connectivity index (χ4v) is 5.33. The smallest absolute Gasteiger partial charge is 0.243 e. The van der Waals surface area contributed by atoms with Gasteiger partial charge in [-0.3, -0.25) is 9.59 Å². The minimum atomic E-state index is -3.66. The summed E-state index contributed by atoms with van der Waals surface area (Å²) in [6.07, 6.45) is 0.635. The van der Waals surface area contributed by atoms with Gasteiger partial charge in [0.25, 0.3) is 0 Å². The number of benzene rings is 2. The monoisotopic (exact) mass is 428 g/mol. The van der Waals surface area contributed by atoms with Gasteiger partial charge < -0.3 is 9.64 Å². The van der Waals surface area contributed by atoms with Crippen LogP contribution >= 0.6 is 0 Å². The molecule has 1 amide bonds. The van der Waals surface area contributed by atoms with Crippen molar-refractivity contribution in [2.45, 2.75) is 18.2 Å². The number of rotatable bonds is 4. The SMILES string of the molecule is CC(=O)c1ccc(S(=O)(=O)N2CCN(C(=O)[C@H]3COc4ccccc4C3)CC2)cc1. The minimum absolute atomic E-state index is 0.00682. The average Bonchev–Trinajstić information content (AvgIpc) is 2.78. The fraction of sp³-hybridized carbons (Fsp3) is 0.364. The normalized spacial score (nSPS) is 19.6. The van der Waals surface area contributed by atoms with Crippen LogP contribution in [-0.2, 0) is 21.2 Å². The molecule has 4 rings (SSSR count). The summed E-state index contributed by atoms with van der Waals surface area (Å²) in [5, 5.41) is 0. The van der Waals surface area contributed by atoms with Gasteiger partial charge in [-0.1, -0.05) is 30.3 Å². The molecular weight excluding hydrogens is 404 g/mol. The zero-order chi connectivity index (χ0) is 21.3. The van der Waals surface area contributed by atoms with Crippen LogP contribution in [0.25, 0.3) is 0 Å². The van der Waals surface area contributed by atoms with Crippen LogP contribution in [0.5, 0.6) is 5.75 Å². The molecule has 2 aromatic rings. The van der Waals surface area contributed by atoms with Crippen LogP contribution < -0.4 is 4.74 Å². The van der Waals surface area contributed by atoms with Gasteiger partial charge in [-0.05, 0) is 37.1 Å². The van der Waals surface area contributed by atoms with Gasteiger partial charge in [0.1, 0.15) is 12.4 Å². The Labute approximate surface area is 176 Å². The van der Waals surface area contributed by atoms with Crippen molar-refractivity contribution in [3.05, 3.63) is 59.7 Å². The van der Waals surface area contributed by atoms with Gasteiger partial charge in [0, 0.05) is 31.7 Å². The second-order valence-electron chi connectivity index (χ2n) is 7.63. The first-order valence-corrected chi connectivity index (χ1v) is 11.4. The van der Waals surface area contributed by atoms with Crippen molar-refractivity contribution in [3.8, 4) is 5.75 Å². The molecule has 2 aliphatic heterocycles. The van der Waals surface area contributed by atoms with Crippen LogP contribution in [0, 0.1) is 5.92 Å². The highest BCUT2D eigenvalue weighted by Gasteiger charge is 2.34. The number of ether oxygens (including phenoxy) is 1. The van der Waals surface area contributed by atoms with E-state index >= 15 is 0 Å². The Balaban J connectivity index is 1.38. The van der Waals surface area contributed by atoms with Crippen LogP contribution in [0.4, 0.5) is 0 Å². The van der Waals surface area contributed by atoms with Gasteiger partial charge in [0.2, 0.25) is 15.9 Å². The first-order valence-electron chi connectivity index (χ1n) is 9.97. The third kappa shape index (κ3) is 3.97. The molecule has 0 bridgehead atoms. The van der Waals surface area contributed by atoms with Gasteiger partial charge in [0.05, 0.1) is 10.8 Å². The highest BCUT2D eigenvalue weighted by atomic mass is 32.2. The van der Waals surface area contributed by atoms with E-state index in [1.54, 1.807) is 4.90 Å². The molecule has 0 radical (unpaired) electrons. The Morgan fingerprint density at radius 1 is 0.967 bits per heavy atom. The van der Waals surface area contributed by atoms with Crippen molar-refractivity contribution in [1.82, 2.24) is 9.21 Å². The van der Waals surface area contributed by atoms with E-state index in [1.807, 2.05) is 24.3 Å². The maximum atomic E-state index is 12.9. The van der Waals surface area contributed by atoms with E-state index in [2.05, 4.69) is 0 Å². The molecule has 0 unspecified atom stereocenters. The predicted molar refractivity (Wildman–Crippen MR) is 111 cm³/mol. The van der Waals surface area contributed by atoms with Crippen molar-refractivity contribution in [2.75, 3.05) is 32.8 Å². The lowest BCUT2D eigenvalue weighted by atomic mass is 9.95. The third-order valence-electron chi connectivity index (χ3n) is 5.68. The number of fused-ring (bicyclic) bond motifs is 1.